The van der Waals surface area contributed by atoms with E-state index < -0.39 is 0 Å². The van der Waals surface area contributed by atoms with Crippen molar-refractivity contribution in [3.63, 3.8) is 0 Å². The molecule has 0 amide bonds. The lowest BCUT2D eigenvalue weighted by atomic mass is 9.68. The molecule has 0 nitrogen and oxygen atoms in total. The summed E-state index contributed by atoms with van der Waals surface area (Å²) in [4.78, 5) is 1.43. The third kappa shape index (κ3) is 4.06. The van der Waals surface area contributed by atoms with Crippen molar-refractivity contribution in [2.75, 3.05) is 5.75 Å². The average molecular weight is 250 g/mol. The second-order valence-corrected chi connectivity index (χ2v) is 7.63. The van der Waals surface area contributed by atoms with Crippen molar-refractivity contribution in [3.05, 3.63) is 29.8 Å². The van der Waals surface area contributed by atoms with Gasteiger partial charge in [0.1, 0.15) is 0 Å². The zero-order chi connectivity index (χ0) is 13.1. The molecule has 0 aliphatic heterocycles. The van der Waals surface area contributed by atoms with Crippen LogP contribution in [0.1, 0.15) is 46.6 Å². The van der Waals surface area contributed by atoms with Gasteiger partial charge in [-0.1, -0.05) is 52.8 Å². The van der Waals surface area contributed by atoms with E-state index in [0.29, 0.717) is 10.8 Å². The summed E-state index contributed by atoms with van der Waals surface area (Å²) in [5.41, 5.74) is 2.16. The van der Waals surface area contributed by atoms with Gasteiger partial charge in [-0.15, -0.1) is 11.8 Å². The lowest BCUT2D eigenvalue weighted by Gasteiger charge is -2.39. The number of rotatable bonds is 4. The van der Waals surface area contributed by atoms with Crippen molar-refractivity contribution in [1.82, 2.24) is 0 Å². The van der Waals surface area contributed by atoms with Gasteiger partial charge in [-0.05, 0) is 41.6 Å². The van der Waals surface area contributed by atoms with E-state index in [1.54, 1.807) is 0 Å². The van der Waals surface area contributed by atoms with Crippen LogP contribution in [0, 0.1) is 17.8 Å². The van der Waals surface area contributed by atoms with Gasteiger partial charge < -0.3 is 0 Å². The number of aryl methyl sites for hydroxylation is 1. The van der Waals surface area contributed by atoms with Crippen LogP contribution in [0.25, 0.3) is 0 Å². The lowest BCUT2D eigenvalue weighted by Crippen LogP contribution is -2.30. The van der Waals surface area contributed by atoms with E-state index in [1.165, 1.54) is 22.6 Å². The SMILES string of the molecule is Cc1ccccc1SCCC(C)(C)C(C)(C)C. The Hall–Kier alpha value is -0.430. The molecule has 1 aromatic carbocycles. The van der Waals surface area contributed by atoms with Gasteiger partial charge in [0, 0.05) is 4.90 Å². The fourth-order valence-electron chi connectivity index (χ4n) is 1.51. The van der Waals surface area contributed by atoms with Gasteiger partial charge in [-0.25, -0.2) is 0 Å². The molecule has 0 atom stereocenters. The molecule has 1 heteroatoms. The zero-order valence-electron chi connectivity index (χ0n) is 12.1. The fraction of sp³-hybridized carbons (Fsp3) is 0.625. The topological polar surface area (TPSA) is 0 Å². The molecule has 1 aromatic rings. The summed E-state index contributed by atoms with van der Waals surface area (Å²) in [7, 11) is 0. The first-order valence-electron chi connectivity index (χ1n) is 6.42. The number of benzene rings is 1. The van der Waals surface area contributed by atoms with E-state index in [1.807, 2.05) is 11.8 Å². The maximum absolute atomic E-state index is 2.38. The molecule has 96 valence electrons. The molecule has 0 heterocycles. The first-order valence-corrected chi connectivity index (χ1v) is 7.41. The van der Waals surface area contributed by atoms with Gasteiger partial charge in [0.05, 0.1) is 0 Å². The Morgan fingerprint density at radius 3 is 2.12 bits per heavy atom. The van der Waals surface area contributed by atoms with Crippen LogP contribution in [-0.2, 0) is 0 Å². The van der Waals surface area contributed by atoms with E-state index in [9.17, 15) is 0 Å². The van der Waals surface area contributed by atoms with E-state index in [0.717, 1.165) is 0 Å². The lowest BCUT2D eigenvalue weighted by molar-refractivity contribution is 0.128. The molecule has 1 rings (SSSR count). The number of thioether (sulfide) groups is 1. The summed E-state index contributed by atoms with van der Waals surface area (Å²) in [6.07, 6.45) is 1.26. The van der Waals surface area contributed by atoms with Gasteiger partial charge in [0.15, 0.2) is 0 Å². The van der Waals surface area contributed by atoms with Gasteiger partial charge in [0.25, 0.3) is 0 Å². The average Bonchev–Trinajstić information content (AvgIpc) is 2.19. The van der Waals surface area contributed by atoms with Crippen molar-refractivity contribution in [2.45, 2.75) is 52.9 Å². The third-order valence-electron chi connectivity index (χ3n) is 4.11. The summed E-state index contributed by atoms with van der Waals surface area (Å²) in [5.74, 6) is 1.20. The molecule has 0 aliphatic carbocycles. The standard InChI is InChI=1S/C16H26S/c1-13-9-7-8-10-14(13)17-12-11-16(5,6)15(2,3)4/h7-10H,11-12H2,1-6H3. The number of hydrogen-bond donors (Lipinski definition) is 0. The van der Waals surface area contributed by atoms with Crippen molar-refractivity contribution < 1.29 is 0 Å². The molecule has 0 bridgehead atoms. The second-order valence-electron chi connectivity index (χ2n) is 6.50. The molecule has 0 unspecified atom stereocenters. The molecular weight excluding hydrogens is 224 g/mol. The maximum Gasteiger partial charge on any atom is 0.0101 e. The molecule has 0 aliphatic rings. The fourth-order valence-corrected chi connectivity index (χ4v) is 2.81. The Morgan fingerprint density at radius 2 is 1.59 bits per heavy atom. The van der Waals surface area contributed by atoms with Crippen LogP contribution in [0.2, 0.25) is 0 Å². The molecule has 0 aromatic heterocycles. The molecule has 0 spiro atoms. The molecule has 0 saturated heterocycles. The Balaban J connectivity index is 2.52. The van der Waals surface area contributed by atoms with Crippen molar-refractivity contribution in [1.29, 1.82) is 0 Å². The Bertz CT molecular complexity index is 358. The molecule has 0 fully saturated rings. The largest absolute Gasteiger partial charge is 0.126 e. The Labute approximate surface area is 111 Å². The van der Waals surface area contributed by atoms with E-state index in [-0.39, 0.29) is 0 Å². The molecular formula is C16H26S. The van der Waals surface area contributed by atoms with E-state index in [4.69, 9.17) is 0 Å². The highest BCUT2D eigenvalue weighted by Crippen LogP contribution is 2.42. The summed E-state index contributed by atoms with van der Waals surface area (Å²) in [6, 6.07) is 8.66. The van der Waals surface area contributed by atoms with Crippen LogP contribution in [0.5, 0.6) is 0 Å². The van der Waals surface area contributed by atoms with Crippen molar-refractivity contribution in [2.24, 2.45) is 10.8 Å². The van der Waals surface area contributed by atoms with Crippen molar-refractivity contribution >= 4 is 11.8 Å². The highest BCUT2D eigenvalue weighted by atomic mass is 32.2. The smallest absolute Gasteiger partial charge is 0.0101 e. The third-order valence-corrected chi connectivity index (χ3v) is 5.29. The van der Waals surface area contributed by atoms with Gasteiger partial charge >= 0.3 is 0 Å². The predicted molar refractivity (Wildman–Crippen MR) is 79.8 cm³/mol. The van der Waals surface area contributed by atoms with Gasteiger partial charge in [-0.3, -0.25) is 0 Å². The van der Waals surface area contributed by atoms with E-state index >= 15 is 0 Å². The summed E-state index contributed by atoms with van der Waals surface area (Å²) < 4.78 is 0. The van der Waals surface area contributed by atoms with Crippen LogP contribution in [0.15, 0.2) is 29.2 Å². The highest BCUT2D eigenvalue weighted by molar-refractivity contribution is 7.99. The monoisotopic (exact) mass is 250 g/mol. The minimum absolute atomic E-state index is 0.374. The van der Waals surface area contributed by atoms with Gasteiger partial charge in [0.2, 0.25) is 0 Å². The molecule has 0 saturated carbocycles. The van der Waals surface area contributed by atoms with Crippen LogP contribution in [-0.4, -0.2) is 5.75 Å². The predicted octanol–water partition coefficient (Wildman–Crippen LogP) is 5.55. The molecule has 0 radical (unpaired) electrons. The first-order chi connectivity index (χ1) is 7.74. The van der Waals surface area contributed by atoms with Crippen LogP contribution < -0.4 is 0 Å². The molecule has 0 N–H and O–H groups in total. The Kier molecular flexibility index (Phi) is 4.71. The zero-order valence-corrected chi connectivity index (χ0v) is 12.9. The summed E-state index contributed by atoms with van der Waals surface area (Å²) >= 11 is 1.99. The van der Waals surface area contributed by atoms with E-state index in [2.05, 4.69) is 65.8 Å². The number of hydrogen-bond acceptors (Lipinski definition) is 1. The highest BCUT2D eigenvalue weighted by Gasteiger charge is 2.31. The Morgan fingerprint density at radius 1 is 1.00 bits per heavy atom. The van der Waals surface area contributed by atoms with Crippen LogP contribution >= 0.6 is 11.8 Å². The van der Waals surface area contributed by atoms with Crippen LogP contribution in [0.4, 0.5) is 0 Å². The molecule has 17 heavy (non-hydrogen) atoms. The normalized spacial score (nSPS) is 12.8. The summed E-state index contributed by atoms with van der Waals surface area (Å²) in [6.45, 7) is 14.0. The maximum atomic E-state index is 2.38. The van der Waals surface area contributed by atoms with Crippen LogP contribution in [0.3, 0.4) is 0 Å². The van der Waals surface area contributed by atoms with Gasteiger partial charge in [-0.2, -0.15) is 0 Å². The first kappa shape index (κ1) is 14.6. The minimum atomic E-state index is 0.374. The van der Waals surface area contributed by atoms with Crippen molar-refractivity contribution in [3.8, 4) is 0 Å². The summed E-state index contributed by atoms with van der Waals surface area (Å²) in [5, 5.41) is 0. The minimum Gasteiger partial charge on any atom is -0.126 e. The second kappa shape index (κ2) is 5.48. The quantitative estimate of drug-likeness (QED) is 0.631.